The van der Waals surface area contributed by atoms with E-state index in [9.17, 15) is 0 Å². The van der Waals surface area contributed by atoms with Crippen molar-refractivity contribution >= 4 is 28.6 Å². The number of halogens is 1. The van der Waals surface area contributed by atoms with Crippen molar-refractivity contribution in [1.29, 1.82) is 0 Å². The third kappa shape index (κ3) is 2.05. The molecule has 2 nitrogen and oxygen atoms in total. The molecule has 0 unspecified atom stereocenters. The van der Waals surface area contributed by atoms with Gasteiger partial charge in [-0.2, -0.15) is 0 Å². The maximum absolute atomic E-state index is 6.21. The van der Waals surface area contributed by atoms with E-state index < -0.39 is 0 Å². The minimum Gasteiger partial charge on any atom is -0.399 e. The van der Waals surface area contributed by atoms with Crippen LogP contribution in [0.1, 0.15) is 23.4 Å². The van der Waals surface area contributed by atoms with Gasteiger partial charge >= 0.3 is 0 Å². The predicted molar refractivity (Wildman–Crippen MR) is 73.6 cm³/mol. The predicted octanol–water partition coefficient (Wildman–Crippen LogP) is 3.92. The van der Waals surface area contributed by atoms with E-state index in [0.717, 1.165) is 34.1 Å². The summed E-state index contributed by atoms with van der Waals surface area (Å²) in [5.74, 6) is 0. The van der Waals surface area contributed by atoms with Crippen molar-refractivity contribution < 1.29 is 0 Å². The zero-order chi connectivity index (χ0) is 11.8. The third-order valence-electron chi connectivity index (χ3n) is 3.07. The SMILES string of the molecule is Nc1ccc(Cl)c(-c2nc3c(s2)CCCC3)c1. The Hall–Kier alpha value is -1.06. The van der Waals surface area contributed by atoms with Gasteiger partial charge in [-0.25, -0.2) is 4.98 Å². The van der Waals surface area contributed by atoms with Gasteiger partial charge in [-0.3, -0.25) is 0 Å². The molecule has 0 fully saturated rings. The van der Waals surface area contributed by atoms with Gasteiger partial charge in [0, 0.05) is 16.1 Å². The first-order valence-electron chi connectivity index (χ1n) is 5.78. The van der Waals surface area contributed by atoms with E-state index in [-0.39, 0.29) is 0 Å². The number of benzene rings is 1. The molecule has 4 heteroatoms. The number of fused-ring (bicyclic) bond motifs is 1. The number of aromatic nitrogens is 1. The second-order valence-electron chi connectivity index (χ2n) is 4.34. The Morgan fingerprint density at radius 2 is 2.06 bits per heavy atom. The van der Waals surface area contributed by atoms with Crippen molar-refractivity contribution in [3.8, 4) is 10.6 Å². The molecule has 1 aromatic carbocycles. The fraction of sp³-hybridized carbons (Fsp3) is 0.308. The summed E-state index contributed by atoms with van der Waals surface area (Å²) in [6.07, 6.45) is 4.79. The highest BCUT2D eigenvalue weighted by molar-refractivity contribution is 7.15. The highest BCUT2D eigenvalue weighted by atomic mass is 35.5. The van der Waals surface area contributed by atoms with Gasteiger partial charge in [-0.15, -0.1) is 11.3 Å². The van der Waals surface area contributed by atoms with Crippen LogP contribution in [0.2, 0.25) is 5.02 Å². The highest BCUT2D eigenvalue weighted by Gasteiger charge is 2.17. The maximum Gasteiger partial charge on any atom is 0.125 e. The molecular weight excluding hydrogens is 252 g/mol. The lowest BCUT2D eigenvalue weighted by atomic mass is 10.0. The van der Waals surface area contributed by atoms with Gasteiger partial charge in [-0.05, 0) is 43.9 Å². The number of hydrogen-bond acceptors (Lipinski definition) is 3. The standard InChI is InChI=1S/C13H13ClN2S/c14-10-6-5-8(15)7-9(10)13-16-11-3-1-2-4-12(11)17-13/h5-7H,1-4,15H2. The monoisotopic (exact) mass is 264 g/mol. The lowest BCUT2D eigenvalue weighted by Crippen LogP contribution is -1.98. The van der Waals surface area contributed by atoms with Crippen LogP contribution in [-0.2, 0) is 12.8 Å². The molecule has 0 aliphatic heterocycles. The molecule has 88 valence electrons. The van der Waals surface area contributed by atoms with Crippen molar-refractivity contribution in [1.82, 2.24) is 4.98 Å². The summed E-state index contributed by atoms with van der Waals surface area (Å²) in [7, 11) is 0. The fourth-order valence-electron chi connectivity index (χ4n) is 2.17. The zero-order valence-electron chi connectivity index (χ0n) is 9.37. The Balaban J connectivity index is 2.08. The lowest BCUT2D eigenvalue weighted by molar-refractivity contribution is 0.682. The maximum atomic E-state index is 6.21. The van der Waals surface area contributed by atoms with Gasteiger partial charge in [0.15, 0.2) is 0 Å². The third-order valence-corrected chi connectivity index (χ3v) is 4.59. The molecule has 1 aliphatic rings. The summed E-state index contributed by atoms with van der Waals surface area (Å²) in [5, 5.41) is 1.74. The van der Waals surface area contributed by atoms with Crippen molar-refractivity contribution in [2.75, 3.05) is 5.73 Å². The van der Waals surface area contributed by atoms with E-state index in [1.165, 1.54) is 23.4 Å². The second-order valence-corrected chi connectivity index (χ2v) is 5.83. The van der Waals surface area contributed by atoms with E-state index in [0.29, 0.717) is 0 Å². The van der Waals surface area contributed by atoms with Gasteiger partial charge in [0.1, 0.15) is 5.01 Å². The van der Waals surface area contributed by atoms with Crippen LogP contribution in [0.3, 0.4) is 0 Å². The number of nitrogens with zero attached hydrogens (tertiary/aromatic N) is 1. The van der Waals surface area contributed by atoms with Crippen LogP contribution < -0.4 is 5.73 Å². The van der Waals surface area contributed by atoms with Crippen molar-refractivity contribution in [2.45, 2.75) is 25.7 Å². The van der Waals surface area contributed by atoms with E-state index in [1.54, 1.807) is 11.3 Å². The van der Waals surface area contributed by atoms with Gasteiger partial charge in [0.05, 0.1) is 10.7 Å². The summed E-state index contributed by atoms with van der Waals surface area (Å²) in [4.78, 5) is 6.12. The quantitative estimate of drug-likeness (QED) is 0.793. The van der Waals surface area contributed by atoms with E-state index in [1.807, 2.05) is 18.2 Å². The molecule has 3 rings (SSSR count). The number of anilines is 1. The molecule has 0 saturated carbocycles. The highest BCUT2D eigenvalue weighted by Crippen LogP contribution is 2.36. The van der Waals surface area contributed by atoms with Gasteiger partial charge in [0.2, 0.25) is 0 Å². The number of aryl methyl sites for hydroxylation is 2. The molecule has 0 bridgehead atoms. The van der Waals surface area contributed by atoms with Crippen LogP contribution >= 0.6 is 22.9 Å². The summed E-state index contributed by atoms with van der Waals surface area (Å²) in [6.45, 7) is 0. The topological polar surface area (TPSA) is 38.9 Å². The van der Waals surface area contributed by atoms with E-state index >= 15 is 0 Å². The molecule has 0 saturated heterocycles. The first kappa shape index (κ1) is 11.1. The van der Waals surface area contributed by atoms with Crippen molar-refractivity contribution in [3.05, 3.63) is 33.8 Å². The number of nitrogen functional groups attached to an aromatic ring is 1. The first-order chi connectivity index (χ1) is 8.24. The fourth-order valence-corrected chi connectivity index (χ4v) is 3.62. The van der Waals surface area contributed by atoms with Crippen LogP contribution in [0.5, 0.6) is 0 Å². The number of thiazole rings is 1. The summed E-state index contributed by atoms with van der Waals surface area (Å²) >= 11 is 7.97. The van der Waals surface area contributed by atoms with Crippen LogP contribution in [0.15, 0.2) is 18.2 Å². The molecule has 17 heavy (non-hydrogen) atoms. The Labute approximate surface area is 109 Å². The van der Waals surface area contributed by atoms with E-state index in [2.05, 4.69) is 0 Å². The Morgan fingerprint density at radius 3 is 2.88 bits per heavy atom. The van der Waals surface area contributed by atoms with Gasteiger partial charge < -0.3 is 5.73 Å². The van der Waals surface area contributed by atoms with Crippen LogP contribution in [0.25, 0.3) is 10.6 Å². The Kier molecular flexibility index (Phi) is 2.81. The van der Waals surface area contributed by atoms with Crippen LogP contribution in [0, 0.1) is 0 Å². The molecule has 1 heterocycles. The molecule has 0 spiro atoms. The smallest absolute Gasteiger partial charge is 0.125 e. The van der Waals surface area contributed by atoms with E-state index in [4.69, 9.17) is 22.3 Å². The molecule has 0 radical (unpaired) electrons. The van der Waals surface area contributed by atoms with Crippen LogP contribution in [0.4, 0.5) is 5.69 Å². The Morgan fingerprint density at radius 1 is 1.24 bits per heavy atom. The molecule has 0 amide bonds. The molecule has 2 N–H and O–H groups in total. The number of nitrogens with two attached hydrogens (primary N) is 1. The van der Waals surface area contributed by atoms with Crippen molar-refractivity contribution in [3.63, 3.8) is 0 Å². The normalized spacial score (nSPS) is 14.6. The summed E-state index contributed by atoms with van der Waals surface area (Å²) in [6, 6.07) is 5.57. The Bertz CT molecular complexity index is 539. The first-order valence-corrected chi connectivity index (χ1v) is 6.97. The lowest BCUT2D eigenvalue weighted by Gasteiger charge is -2.06. The second kappa shape index (κ2) is 4.31. The minimum absolute atomic E-state index is 0.727. The van der Waals surface area contributed by atoms with Gasteiger partial charge in [-0.1, -0.05) is 11.6 Å². The zero-order valence-corrected chi connectivity index (χ0v) is 10.9. The van der Waals surface area contributed by atoms with Gasteiger partial charge in [0.25, 0.3) is 0 Å². The molecule has 0 atom stereocenters. The van der Waals surface area contributed by atoms with Crippen molar-refractivity contribution in [2.24, 2.45) is 0 Å². The van der Waals surface area contributed by atoms with Crippen LogP contribution in [-0.4, -0.2) is 4.98 Å². The minimum atomic E-state index is 0.727. The average Bonchev–Trinajstić information content (AvgIpc) is 2.75. The number of rotatable bonds is 1. The molecule has 1 aromatic heterocycles. The molecule has 2 aromatic rings. The number of hydrogen-bond donors (Lipinski definition) is 1. The summed E-state index contributed by atoms with van der Waals surface area (Å²) in [5.41, 5.74) is 8.76. The largest absolute Gasteiger partial charge is 0.399 e. The molecule has 1 aliphatic carbocycles. The average molecular weight is 265 g/mol. The molecular formula is C13H13ClN2S. The summed E-state index contributed by atoms with van der Waals surface area (Å²) < 4.78 is 0.